The zero-order chi connectivity index (χ0) is 8.85. The van der Waals surface area contributed by atoms with Gasteiger partial charge in [0.15, 0.2) is 0 Å². The predicted molar refractivity (Wildman–Crippen MR) is 44.1 cm³/mol. The summed E-state index contributed by atoms with van der Waals surface area (Å²) in [6.45, 7) is 9.12. The third-order valence-electron chi connectivity index (χ3n) is 1.57. The molecule has 0 bridgehead atoms. The van der Waals surface area contributed by atoms with Crippen LogP contribution in [0.2, 0.25) is 0 Å². The van der Waals surface area contributed by atoms with E-state index in [0.717, 1.165) is 13.1 Å². The Bertz CT molecular complexity index is 150. The summed E-state index contributed by atoms with van der Waals surface area (Å²) in [6.07, 6.45) is 0. The second kappa shape index (κ2) is 4.77. The quantitative estimate of drug-likeness (QED) is 0.450. The van der Waals surface area contributed by atoms with Crippen LogP contribution in [0.5, 0.6) is 0 Å². The van der Waals surface area contributed by atoms with Gasteiger partial charge in [0.2, 0.25) is 0 Å². The van der Waals surface area contributed by atoms with Gasteiger partial charge >= 0.3 is 5.97 Å². The molecule has 0 saturated heterocycles. The van der Waals surface area contributed by atoms with Crippen molar-refractivity contribution in [3.8, 4) is 0 Å². The van der Waals surface area contributed by atoms with Gasteiger partial charge in [-0.1, -0.05) is 6.58 Å². The lowest BCUT2D eigenvalue weighted by atomic mass is 10.4. The molecule has 0 radical (unpaired) electrons. The van der Waals surface area contributed by atoms with E-state index in [0.29, 0.717) is 5.70 Å². The maximum atomic E-state index is 10.9. The molecule has 0 aromatic carbocycles. The van der Waals surface area contributed by atoms with Gasteiger partial charge < -0.3 is 9.64 Å². The van der Waals surface area contributed by atoms with Gasteiger partial charge in [-0.2, -0.15) is 0 Å². The Labute approximate surface area is 67.6 Å². The van der Waals surface area contributed by atoms with Crippen LogP contribution in [0.4, 0.5) is 0 Å². The van der Waals surface area contributed by atoms with Gasteiger partial charge in [0.05, 0.1) is 7.11 Å². The number of carbonyl (C=O) groups is 1. The molecule has 0 fully saturated rings. The lowest BCUT2D eigenvalue weighted by molar-refractivity contribution is -0.137. The molecule has 0 saturated carbocycles. The van der Waals surface area contributed by atoms with Crippen molar-refractivity contribution in [1.29, 1.82) is 0 Å². The standard InChI is InChI=1S/C8H15NO2/c1-5-9(6-2)7(3)8(10)11-4/h3,5-6H2,1-2,4H3. The number of likely N-dealkylation sites (N-methyl/N-ethyl adjacent to an activating group) is 1. The van der Waals surface area contributed by atoms with Crippen LogP contribution < -0.4 is 0 Å². The monoisotopic (exact) mass is 157 g/mol. The molecule has 0 rings (SSSR count). The first-order chi connectivity index (χ1) is 5.17. The third-order valence-corrected chi connectivity index (χ3v) is 1.57. The van der Waals surface area contributed by atoms with Crippen molar-refractivity contribution in [3.05, 3.63) is 12.3 Å². The molecule has 0 aromatic rings. The molecule has 11 heavy (non-hydrogen) atoms. The maximum absolute atomic E-state index is 10.9. The van der Waals surface area contributed by atoms with E-state index in [1.54, 1.807) is 0 Å². The Balaban J connectivity index is 4.09. The zero-order valence-electron chi connectivity index (χ0n) is 7.39. The van der Waals surface area contributed by atoms with Gasteiger partial charge in [0, 0.05) is 13.1 Å². The summed E-state index contributed by atoms with van der Waals surface area (Å²) in [6, 6.07) is 0. The second-order valence-corrected chi connectivity index (χ2v) is 2.11. The molecular formula is C8H15NO2. The fourth-order valence-corrected chi connectivity index (χ4v) is 0.852. The van der Waals surface area contributed by atoms with Crippen LogP contribution in [0, 0.1) is 0 Å². The Kier molecular flexibility index (Phi) is 4.34. The highest BCUT2D eigenvalue weighted by molar-refractivity contribution is 5.86. The SMILES string of the molecule is C=C(C(=O)OC)N(CC)CC. The minimum absolute atomic E-state index is 0.353. The van der Waals surface area contributed by atoms with Gasteiger partial charge in [-0.25, -0.2) is 4.79 Å². The van der Waals surface area contributed by atoms with E-state index in [4.69, 9.17) is 0 Å². The highest BCUT2D eigenvalue weighted by atomic mass is 16.5. The highest BCUT2D eigenvalue weighted by Gasteiger charge is 2.11. The molecule has 0 amide bonds. The summed E-state index contributed by atoms with van der Waals surface area (Å²) < 4.78 is 4.52. The molecule has 0 aromatic heterocycles. The second-order valence-electron chi connectivity index (χ2n) is 2.11. The largest absolute Gasteiger partial charge is 0.464 e. The average Bonchev–Trinajstić information content (AvgIpc) is 2.05. The minimum Gasteiger partial charge on any atom is -0.464 e. The Morgan fingerprint density at radius 2 is 1.91 bits per heavy atom. The van der Waals surface area contributed by atoms with Gasteiger partial charge in [-0.15, -0.1) is 0 Å². The number of carbonyl (C=O) groups excluding carboxylic acids is 1. The van der Waals surface area contributed by atoms with Crippen LogP contribution in [0.15, 0.2) is 12.3 Å². The fourth-order valence-electron chi connectivity index (χ4n) is 0.852. The van der Waals surface area contributed by atoms with Crippen molar-refractivity contribution in [2.24, 2.45) is 0 Å². The van der Waals surface area contributed by atoms with Crippen molar-refractivity contribution in [3.63, 3.8) is 0 Å². The van der Waals surface area contributed by atoms with E-state index in [1.807, 2.05) is 18.7 Å². The number of methoxy groups -OCH3 is 1. The van der Waals surface area contributed by atoms with E-state index in [1.165, 1.54) is 7.11 Å². The van der Waals surface area contributed by atoms with E-state index in [-0.39, 0.29) is 5.97 Å². The van der Waals surface area contributed by atoms with Crippen LogP contribution in [0.1, 0.15) is 13.8 Å². The number of nitrogens with zero attached hydrogens (tertiary/aromatic N) is 1. The summed E-state index contributed by atoms with van der Waals surface area (Å²) in [5.74, 6) is -0.353. The molecule has 0 aliphatic rings. The van der Waals surface area contributed by atoms with Crippen LogP contribution in [0.25, 0.3) is 0 Å². The van der Waals surface area contributed by atoms with Gasteiger partial charge in [0.25, 0.3) is 0 Å². The van der Waals surface area contributed by atoms with Gasteiger partial charge in [-0.3, -0.25) is 0 Å². The lowest BCUT2D eigenvalue weighted by Crippen LogP contribution is -2.27. The van der Waals surface area contributed by atoms with E-state index < -0.39 is 0 Å². The van der Waals surface area contributed by atoms with Crippen molar-refractivity contribution in [2.75, 3.05) is 20.2 Å². The van der Waals surface area contributed by atoms with E-state index >= 15 is 0 Å². The number of esters is 1. The number of ether oxygens (including phenoxy) is 1. The Hall–Kier alpha value is -0.990. The molecule has 0 aliphatic carbocycles. The van der Waals surface area contributed by atoms with Gasteiger partial charge in [0.1, 0.15) is 5.70 Å². The Morgan fingerprint density at radius 3 is 2.18 bits per heavy atom. The maximum Gasteiger partial charge on any atom is 0.353 e. The molecule has 0 aliphatic heterocycles. The zero-order valence-corrected chi connectivity index (χ0v) is 7.39. The van der Waals surface area contributed by atoms with E-state index in [9.17, 15) is 4.79 Å². The molecule has 3 nitrogen and oxygen atoms in total. The molecular weight excluding hydrogens is 142 g/mol. The topological polar surface area (TPSA) is 29.5 Å². The fraction of sp³-hybridized carbons (Fsp3) is 0.625. The molecule has 0 heterocycles. The molecule has 3 heteroatoms. The number of rotatable bonds is 4. The molecule has 0 unspecified atom stereocenters. The molecule has 64 valence electrons. The normalized spacial score (nSPS) is 9.00. The molecule has 0 N–H and O–H groups in total. The predicted octanol–water partition coefficient (Wildman–Crippen LogP) is 1.01. The van der Waals surface area contributed by atoms with Crippen molar-refractivity contribution < 1.29 is 9.53 Å². The number of hydrogen-bond acceptors (Lipinski definition) is 3. The summed E-state index contributed by atoms with van der Waals surface area (Å²) in [7, 11) is 1.36. The van der Waals surface area contributed by atoms with Crippen molar-refractivity contribution >= 4 is 5.97 Å². The summed E-state index contributed by atoms with van der Waals surface area (Å²) in [5, 5.41) is 0. The number of hydrogen-bond donors (Lipinski definition) is 0. The summed E-state index contributed by atoms with van der Waals surface area (Å²) in [5.41, 5.74) is 0.428. The van der Waals surface area contributed by atoms with Crippen molar-refractivity contribution in [2.45, 2.75) is 13.8 Å². The van der Waals surface area contributed by atoms with Crippen LogP contribution in [-0.4, -0.2) is 31.1 Å². The molecule has 0 atom stereocenters. The lowest BCUT2D eigenvalue weighted by Gasteiger charge is -2.20. The first-order valence-corrected chi connectivity index (χ1v) is 3.69. The third kappa shape index (κ3) is 2.62. The van der Waals surface area contributed by atoms with Crippen LogP contribution in [-0.2, 0) is 9.53 Å². The first-order valence-electron chi connectivity index (χ1n) is 3.69. The first kappa shape index (κ1) is 10.0. The van der Waals surface area contributed by atoms with Gasteiger partial charge in [-0.05, 0) is 13.8 Å². The minimum atomic E-state index is -0.353. The smallest absolute Gasteiger partial charge is 0.353 e. The highest BCUT2D eigenvalue weighted by Crippen LogP contribution is 2.01. The Morgan fingerprint density at radius 1 is 1.45 bits per heavy atom. The average molecular weight is 157 g/mol. The van der Waals surface area contributed by atoms with Crippen LogP contribution >= 0.6 is 0 Å². The summed E-state index contributed by atoms with van der Waals surface area (Å²) >= 11 is 0. The van der Waals surface area contributed by atoms with E-state index in [2.05, 4.69) is 11.3 Å². The summed E-state index contributed by atoms with van der Waals surface area (Å²) in [4.78, 5) is 12.8. The van der Waals surface area contributed by atoms with Crippen molar-refractivity contribution in [1.82, 2.24) is 4.90 Å². The molecule has 0 spiro atoms. The van der Waals surface area contributed by atoms with Crippen LogP contribution in [0.3, 0.4) is 0 Å².